The Balaban J connectivity index is 2.06. The van der Waals surface area contributed by atoms with Gasteiger partial charge in [0, 0.05) is 28.4 Å². The van der Waals surface area contributed by atoms with Crippen LogP contribution in [-0.4, -0.2) is 57.1 Å². The van der Waals surface area contributed by atoms with E-state index in [1.54, 1.807) is 18.3 Å². The third kappa shape index (κ3) is 3.02. The van der Waals surface area contributed by atoms with Crippen LogP contribution in [0.25, 0.3) is 17.0 Å². The standard InChI is InChI=1S/C17H21N5O3/c1-9(24)15(19)16-21-13(17(25)22(16)5-6-23)7-10-8-20-12-4-2-3-11(18)14(10)12/h2-4,7-9,15,20,23-24H,5-6,18-19H2,1H3/t9-,15-/m1/s1. The number of aromatic amines is 1. The first-order valence-corrected chi connectivity index (χ1v) is 7.96. The molecule has 0 saturated carbocycles. The quantitative estimate of drug-likeness (QED) is 0.385. The molecule has 1 aromatic carbocycles. The van der Waals surface area contributed by atoms with Gasteiger partial charge in [-0.3, -0.25) is 9.69 Å². The predicted molar refractivity (Wildman–Crippen MR) is 96.6 cm³/mol. The Morgan fingerprint density at radius 2 is 2.20 bits per heavy atom. The minimum absolute atomic E-state index is 0.0610. The number of aromatic nitrogens is 1. The third-order valence-electron chi connectivity index (χ3n) is 4.18. The fourth-order valence-corrected chi connectivity index (χ4v) is 2.86. The van der Waals surface area contributed by atoms with Crippen LogP contribution in [0.3, 0.4) is 0 Å². The van der Waals surface area contributed by atoms with E-state index in [4.69, 9.17) is 11.5 Å². The summed E-state index contributed by atoms with van der Waals surface area (Å²) in [6.07, 6.45) is 2.50. The first kappa shape index (κ1) is 17.2. The van der Waals surface area contributed by atoms with Gasteiger partial charge in [0.05, 0.1) is 25.3 Å². The molecule has 1 aliphatic heterocycles. The molecule has 25 heavy (non-hydrogen) atoms. The Hall–Kier alpha value is -2.68. The number of aliphatic hydroxyl groups excluding tert-OH is 2. The lowest BCUT2D eigenvalue weighted by molar-refractivity contribution is -0.123. The zero-order valence-corrected chi connectivity index (χ0v) is 13.8. The maximum Gasteiger partial charge on any atom is 0.278 e. The highest BCUT2D eigenvalue weighted by Crippen LogP contribution is 2.28. The monoisotopic (exact) mass is 343 g/mol. The van der Waals surface area contributed by atoms with Gasteiger partial charge in [-0.25, -0.2) is 4.99 Å². The molecule has 0 radical (unpaired) electrons. The first-order chi connectivity index (χ1) is 11.9. The van der Waals surface area contributed by atoms with E-state index in [0.29, 0.717) is 5.69 Å². The van der Waals surface area contributed by atoms with Crippen molar-refractivity contribution in [2.24, 2.45) is 10.7 Å². The lowest BCUT2D eigenvalue weighted by atomic mass is 10.1. The number of anilines is 1. The number of benzene rings is 1. The van der Waals surface area contributed by atoms with E-state index in [9.17, 15) is 15.0 Å². The van der Waals surface area contributed by atoms with Crippen molar-refractivity contribution in [2.45, 2.75) is 19.1 Å². The largest absolute Gasteiger partial charge is 0.398 e. The molecule has 2 heterocycles. The lowest BCUT2D eigenvalue weighted by Crippen LogP contribution is -2.49. The van der Waals surface area contributed by atoms with Crippen molar-refractivity contribution in [2.75, 3.05) is 18.9 Å². The number of β-amino-alcohol motifs (C(OH)–C–C–N with tert-alkyl or cyclic N) is 1. The molecule has 0 spiro atoms. The van der Waals surface area contributed by atoms with E-state index >= 15 is 0 Å². The van der Waals surface area contributed by atoms with E-state index in [-0.39, 0.29) is 30.6 Å². The maximum atomic E-state index is 12.6. The summed E-state index contributed by atoms with van der Waals surface area (Å²) in [5.74, 6) is -0.128. The number of aliphatic imine (C=N–C) groups is 1. The average molecular weight is 343 g/mol. The van der Waals surface area contributed by atoms with E-state index in [0.717, 1.165) is 16.5 Å². The van der Waals surface area contributed by atoms with E-state index in [2.05, 4.69) is 9.98 Å². The van der Waals surface area contributed by atoms with Crippen LogP contribution in [0, 0.1) is 0 Å². The fourth-order valence-electron chi connectivity index (χ4n) is 2.86. The van der Waals surface area contributed by atoms with Gasteiger partial charge in [0.25, 0.3) is 5.91 Å². The minimum atomic E-state index is -0.879. The molecule has 1 aliphatic rings. The molecule has 0 aliphatic carbocycles. The number of aliphatic hydroxyl groups is 2. The van der Waals surface area contributed by atoms with Crippen LogP contribution in [-0.2, 0) is 4.79 Å². The number of amides is 1. The number of rotatable bonds is 5. The highest BCUT2D eigenvalue weighted by molar-refractivity contribution is 6.16. The second-order valence-electron chi connectivity index (χ2n) is 5.96. The zero-order valence-electron chi connectivity index (χ0n) is 13.8. The molecule has 8 nitrogen and oxygen atoms in total. The number of nitrogens with one attached hydrogen (secondary N) is 1. The van der Waals surface area contributed by atoms with Crippen LogP contribution in [0.5, 0.6) is 0 Å². The van der Waals surface area contributed by atoms with Gasteiger partial charge in [0.2, 0.25) is 0 Å². The SMILES string of the molecule is C[C@@H](O)[C@@H](N)C1=NC(=Cc2c[nH]c3cccc(N)c23)C(=O)N1CCO. The maximum absolute atomic E-state index is 12.6. The number of carbonyl (C=O) groups excluding carboxylic acids is 1. The number of nitrogen functional groups attached to an aromatic ring is 1. The Labute approximate surface area is 144 Å². The Kier molecular flexibility index (Phi) is 4.58. The third-order valence-corrected chi connectivity index (χ3v) is 4.18. The number of nitrogens with zero attached hydrogens (tertiary/aromatic N) is 2. The summed E-state index contributed by atoms with van der Waals surface area (Å²) in [6.45, 7) is 1.35. The van der Waals surface area contributed by atoms with Crippen molar-refractivity contribution in [3.63, 3.8) is 0 Å². The normalized spacial score (nSPS) is 18.9. The number of carbonyl (C=O) groups is 1. The molecular formula is C17H21N5O3. The summed E-state index contributed by atoms with van der Waals surface area (Å²) in [7, 11) is 0. The molecule has 3 rings (SSSR count). The highest BCUT2D eigenvalue weighted by Gasteiger charge is 2.34. The summed E-state index contributed by atoms with van der Waals surface area (Å²) in [4.78, 5) is 21.3. The summed E-state index contributed by atoms with van der Waals surface area (Å²) >= 11 is 0. The number of hydrogen-bond acceptors (Lipinski definition) is 6. The number of amidine groups is 1. The van der Waals surface area contributed by atoms with Crippen LogP contribution in [0.1, 0.15) is 12.5 Å². The molecule has 7 N–H and O–H groups in total. The molecule has 1 amide bonds. The number of H-pyrrole nitrogens is 1. The average Bonchev–Trinajstić information content (AvgIpc) is 3.12. The summed E-state index contributed by atoms with van der Waals surface area (Å²) < 4.78 is 0. The van der Waals surface area contributed by atoms with E-state index < -0.39 is 12.1 Å². The van der Waals surface area contributed by atoms with Crippen LogP contribution in [0.2, 0.25) is 0 Å². The minimum Gasteiger partial charge on any atom is -0.398 e. The van der Waals surface area contributed by atoms with Gasteiger partial charge in [-0.15, -0.1) is 0 Å². The molecule has 8 heteroatoms. The van der Waals surface area contributed by atoms with Gasteiger partial charge in [-0.2, -0.15) is 0 Å². The molecule has 0 unspecified atom stereocenters. The molecule has 0 fully saturated rings. The van der Waals surface area contributed by atoms with Gasteiger partial charge < -0.3 is 26.7 Å². The Bertz CT molecular complexity index is 868. The van der Waals surface area contributed by atoms with Crippen molar-refractivity contribution in [3.8, 4) is 0 Å². The predicted octanol–water partition coefficient (Wildman–Crippen LogP) is 0.0321. The summed E-state index contributed by atoms with van der Waals surface area (Å²) in [5, 5.41) is 19.7. The highest BCUT2D eigenvalue weighted by atomic mass is 16.3. The van der Waals surface area contributed by atoms with Crippen LogP contribution in [0.4, 0.5) is 5.69 Å². The van der Waals surface area contributed by atoms with Crippen molar-refractivity contribution in [3.05, 3.63) is 35.7 Å². The van der Waals surface area contributed by atoms with E-state index in [1.807, 2.05) is 12.1 Å². The summed E-state index contributed by atoms with van der Waals surface area (Å²) in [5.41, 5.74) is 14.3. The zero-order chi connectivity index (χ0) is 18.1. The smallest absolute Gasteiger partial charge is 0.278 e. The topological polar surface area (TPSA) is 141 Å². The van der Waals surface area contributed by atoms with Crippen molar-refractivity contribution >= 4 is 34.4 Å². The Morgan fingerprint density at radius 1 is 1.44 bits per heavy atom. The molecule has 0 bridgehead atoms. The van der Waals surface area contributed by atoms with E-state index in [1.165, 1.54) is 11.8 Å². The van der Waals surface area contributed by atoms with Crippen molar-refractivity contribution in [1.29, 1.82) is 0 Å². The summed E-state index contributed by atoms with van der Waals surface area (Å²) in [6, 6.07) is 4.69. The van der Waals surface area contributed by atoms with Gasteiger partial charge in [-0.05, 0) is 25.1 Å². The van der Waals surface area contributed by atoms with Crippen LogP contribution >= 0.6 is 0 Å². The molecule has 132 valence electrons. The first-order valence-electron chi connectivity index (χ1n) is 7.96. The lowest BCUT2D eigenvalue weighted by Gasteiger charge is -2.23. The fraction of sp³-hybridized carbons (Fsp3) is 0.294. The Morgan fingerprint density at radius 3 is 2.88 bits per heavy atom. The van der Waals surface area contributed by atoms with Gasteiger partial charge in [0.15, 0.2) is 0 Å². The molecule has 2 atom stereocenters. The van der Waals surface area contributed by atoms with Crippen LogP contribution in [0.15, 0.2) is 35.1 Å². The van der Waals surface area contributed by atoms with Gasteiger partial charge in [-0.1, -0.05) is 6.07 Å². The molecule has 2 aromatic rings. The molecule has 0 saturated heterocycles. The number of hydrogen-bond donors (Lipinski definition) is 5. The van der Waals surface area contributed by atoms with Crippen molar-refractivity contribution in [1.82, 2.24) is 9.88 Å². The van der Waals surface area contributed by atoms with Crippen LogP contribution < -0.4 is 11.5 Å². The molecule has 1 aromatic heterocycles. The number of nitrogens with two attached hydrogens (primary N) is 2. The van der Waals surface area contributed by atoms with Crippen molar-refractivity contribution < 1.29 is 15.0 Å². The second-order valence-corrected chi connectivity index (χ2v) is 5.96. The second kappa shape index (κ2) is 6.67. The van der Waals surface area contributed by atoms with Gasteiger partial charge in [0.1, 0.15) is 11.5 Å². The molecular weight excluding hydrogens is 322 g/mol. The van der Waals surface area contributed by atoms with Gasteiger partial charge >= 0.3 is 0 Å². The number of fused-ring (bicyclic) bond motifs is 1.